The fourth-order valence-corrected chi connectivity index (χ4v) is 5.23. The zero-order chi connectivity index (χ0) is 23.6. The highest BCUT2D eigenvalue weighted by molar-refractivity contribution is 7.99. The molecule has 1 saturated heterocycles. The summed E-state index contributed by atoms with van der Waals surface area (Å²) >= 11 is 1.39. The SMILES string of the molecule is CC(C)(C)OC(=O)N[C@@H]1c2ccnn2CC12CCN(c1cnc(SCCC(=O)O)cn1)CC2. The summed E-state index contributed by atoms with van der Waals surface area (Å²) in [7, 11) is 0. The first-order chi connectivity index (χ1) is 15.7. The maximum atomic E-state index is 12.6. The van der Waals surface area contributed by atoms with Crippen molar-refractivity contribution in [3.8, 4) is 0 Å². The lowest BCUT2D eigenvalue weighted by molar-refractivity contribution is -0.136. The van der Waals surface area contributed by atoms with Crippen molar-refractivity contribution >= 4 is 29.6 Å². The molecule has 4 heterocycles. The minimum Gasteiger partial charge on any atom is -0.481 e. The summed E-state index contributed by atoms with van der Waals surface area (Å²) in [6, 6.07) is 1.81. The fraction of sp³-hybridized carbons (Fsp3) is 0.591. The molecule has 0 unspecified atom stereocenters. The van der Waals surface area contributed by atoms with E-state index in [9.17, 15) is 9.59 Å². The summed E-state index contributed by atoms with van der Waals surface area (Å²) in [6.45, 7) is 7.91. The van der Waals surface area contributed by atoms with Crippen molar-refractivity contribution in [2.45, 2.75) is 63.2 Å². The third-order valence-electron chi connectivity index (χ3n) is 6.05. The van der Waals surface area contributed by atoms with E-state index in [0.717, 1.165) is 49.0 Å². The molecule has 0 bridgehead atoms. The van der Waals surface area contributed by atoms with Gasteiger partial charge in [-0.3, -0.25) is 9.48 Å². The number of carboxylic acid groups (broad SMARTS) is 1. The van der Waals surface area contributed by atoms with Gasteiger partial charge in [-0.25, -0.2) is 14.8 Å². The minimum absolute atomic E-state index is 0.0955. The van der Waals surface area contributed by atoms with Crippen molar-refractivity contribution < 1.29 is 19.4 Å². The van der Waals surface area contributed by atoms with Crippen LogP contribution in [0.25, 0.3) is 0 Å². The lowest BCUT2D eigenvalue weighted by atomic mass is 9.73. The fourth-order valence-electron chi connectivity index (χ4n) is 4.49. The monoisotopic (exact) mass is 474 g/mol. The number of carbonyl (C=O) groups excluding carboxylic acids is 1. The third kappa shape index (κ3) is 5.40. The second-order valence-electron chi connectivity index (χ2n) is 9.55. The van der Waals surface area contributed by atoms with Gasteiger partial charge in [-0.15, -0.1) is 11.8 Å². The first-order valence-electron chi connectivity index (χ1n) is 11.1. The van der Waals surface area contributed by atoms with Crippen LogP contribution in [0.3, 0.4) is 0 Å². The second-order valence-corrected chi connectivity index (χ2v) is 10.7. The highest BCUT2D eigenvalue weighted by atomic mass is 32.2. The van der Waals surface area contributed by atoms with E-state index >= 15 is 0 Å². The molecule has 1 atom stereocenters. The lowest BCUT2D eigenvalue weighted by Crippen LogP contribution is -2.48. The number of piperidine rings is 1. The average molecular weight is 475 g/mol. The highest BCUT2D eigenvalue weighted by Gasteiger charge is 2.49. The van der Waals surface area contributed by atoms with Crippen molar-refractivity contribution in [3.63, 3.8) is 0 Å². The van der Waals surface area contributed by atoms with Gasteiger partial charge in [0.25, 0.3) is 0 Å². The molecule has 2 aromatic rings. The van der Waals surface area contributed by atoms with Crippen LogP contribution in [-0.4, -0.2) is 61.4 Å². The molecule has 2 aliphatic rings. The summed E-state index contributed by atoms with van der Waals surface area (Å²) in [5, 5.41) is 17.0. The van der Waals surface area contributed by atoms with Gasteiger partial charge in [-0.1, -0.05) is 0 Å². The Kier molecular flexibility index (Phi) is 6.51. The molecule has 4 rings (SSSR count). The van der Waals surface area contributed by atoms with Gasteiger partial charge < -0.3 is 20.1 Å². The number of ether oxygens (including phenoxy) is 1. The average Bonchev–Trinajstić information content (AvgIpc) is 3.28. The number of anilines is 1. The van der Waals surface area contributed by atoms with Gasteiger partial charge in [-0.05, 0) is 39.7 Å². The summed E-state index contributed by atoms with van der Waals surface area (Å²) in [6.07, 6.45) is 6.64. The second kappa shape index (κ2) is 9.20. The summed E-state index contributed by atoms with van der Waals surface area (Å²) in [4.78, 5) is 34.4. The number of alkyl carbamates (subject to hydrolysis) is 1. The van der Waals surface area contributed by atoms with Crippen LogP contribution < -0.4 is 10.2 Å². The Labute approximate surface area is 197 Å². The standard InChI is InChI=1S/C22H30N6O4S/c1-21(2,3)32-20(31)26-19-15-4-8-25-28(15)14-22(19)6-9-27(10-7-22)16-12-24-17(13-23-16)33-11-5-18(29)30/h4,8,12-13,19H,5-7,9-11,14H2,1-3H3,(H,26,31)(H,29,30)/t19-/m1/s1. The molecule has 1 spiro atoms. The Morgan fingerprint density at radius 3 is 2.67 bits per heavy atom. The summed E-state index contributed by atoms with van der Waals surface area (Å²) in [5.74, 6) is 0.457. The van der Waals surface area contributed by atoms with Crippen LogP contribution in [0.2, 0.25) is 0 Å². The predicted molar refractivity (Wildman–Crippen MR) is 123 cm³/mol. The van der Waals surface area contributed by atoms with Gasteiger partial charge in [0.15, 0.2) is 0 Å². The van der Waals surface area contributed by atoms with Crippen LogP contribution in [0, 0.1) is 5.41 Å². The normalized spacial score (nSPS) is 19.4. The number of aromatic nitrogens is 4. The van der Waals surface area contributed by atoms with Crippen molar-refractivity contribution in [2.75, 3.05) is 23.7 Å². The number of carbonyl (C=O) groups is 2. The molecule has 2 N–H and O–H groups in total. The van der Waals surface area contributed by atoms with Crippen LogP contribution >= 0.6 is 11.8 Å². The van der Waals surface area contributed by atoms with Crippen LogP contribution in [0.5, 0.6) is 0 Å². The molecule has 10 nitrogen and oxygen atoms in total. The summed E-state index contributed by atoms with van der Waals surface area (Å²) in [5.41, 5.74) is 0.324. The Balaban J connectivity index is 1.40. The number of nitrogens with zero attached hydrogens (tertiary/aromatic N) is 5. The number of aliphatic carboxylic acids is 1. The number of rotatable bonds is 6. The number of nitrogens with one attached hydrogen (secondary N) is 1. The highest BCUT2D eigenvalue weighted by Crippen LogP contribution is 2.49. The van der Waals surface area contributed by atoms with Crippen LogP contribution in [0.1, 0.15) is 51.8 Å². The smallest absolute Gasteiger partial charge is 0.408 e. The van der Waals surface area contributed by atoms with Crippen molar-refractivity contribution in [1.82, 2.24) is 25.1 Å². The molecule has 2 aromatic heterocycles. The maximum absolute atomic E-state index is 12.6. The number of hydrogen-bond donors (Lipinski definition) is 2. The quantitative estimate of drug-likeness (QED) is 0.608. The molecule has 33 heavy (non-hydrogen) atoms. The van der Waals surface area contributed by atoms with E-state index in [4.69, 9.17) is 9.84 Å². The largest absolute Gasteiger partial charge is 0.481 e. The van der Waals surface area contributed by atoms with E-state index in [1.807, 2.05) is 31.5 Å². The number of thioether (sulfide) groups is 1. The van der Waals surface area contributed by atoms with Crippen LogP contribution in [0.15, 0.2) is 29.7 Å². The molecule has 0 aliphatic carbocycles. The predicted octanol–water partition coefficient (Wildman–Crippen LogP) is 3.11. The lowest BCUT2D eigenvalue weighted by Gasteiger charge is -2.43. The Morgan fingerprint density at radius 1 is 1.27 bits per heavy atom. The van der Waals surface area contributed by atoms with E-state index < -0.39 is 17.7 Å². The Bertz CT molecular complexity index is 995. The number of carboxylic acids is 1. The first-order valence-corrected chi connectivity index (χ1v) is 12.1. The molecule has 0 aromatic carbocycles. The van der Waals surface area contributed by atoms with E-state index in [-0.39, 0.29) is 17.9 Å². The van der Waals surface area contributed by atoms with E-state index in [0.29, 0.717) is 5.75 Å². The van der Waals surface area contributed by atoms with E-state index in [1.165, 1.54) is 11.8 Å². The molecule has 11 heteroatoms. The molecule has 1 fully saturated rings. The van der Waals surface area contributed by atoms with Gasteiger partial charge in [0.05, 0.1) is 30.6 Å². The number of hydrogen-bond acceptors (Lipinski definition) is 8. The minimum atomic E-state index is -0.817. The third-order valence-corrected chi connectivity index (χ3v) is 6.96. The Hall–Kier alpha value is -2.82. The first kappa shape index (κ1) is 23.3. The van der Waals surface area contributed by atoms with Gasteiger partial charge in [0.1, 0.15) is 16.4 Å². The van der Waals surface area contributed by atoms with Crippen molar-refractivity contribution in [1.29, 1.82) is 0 Å². The van der Waals surface area contributed by atoms with Crippen molar-refractivity contribution in [2.24, 2.45) is 5.41 Å². The van der Waals surface area contributed by atoms with Crippen molar-refractivity contribution in [3.05, 3.63) is 30.4 Å². The molecular formula is C22H30N6O4S. The maximum Gasteiger partial charge on any atom is 0.408 e. The van der Waals surface area contributed by atoms with Crippen LogP contribution in [-0.2, 0) is 16.1 Å². The summed E-state index contributed by atoms with van der Waals surface area (Å²) < 4.78 is 7.51. The number of fused-ring (bicyclic) bond motifs is 1. The topological polar surface area (TPSA) is 122 Å². The number of amides is 1. The molecule has 1 amide bonds. The zero-order valence-electron chi connectivity index (χ0n) is 19.2. The van der Waals surface area contributed by atoms with E-state index in [2.05, 4.69) is 25.3 Å². The van der Waals surface area contributed by atoms with E-state index in [1.54, 1.807) is 18.6 Å². The molecule has 178 valence electrons. The van der Waals surface area contributed by atoms with Gasteiger partial charge in [0.2, 0.25) is 0 Å². The van der Waals surface area contributed by atoms with Gasteiger partial charge in [0, 0.05) is 37.0 Å². The van der Waals surface area contributed by atoms with Gasteiger partial charge >= 0.3 is 12.1 Å². The zero-order valence-corrected chi connectivity index (χ0v) is 20.0. The molecule has 0 saturated carbocycles. The van der Waals surface area contributed by atoms with Gasteiger partial charge in [-0.2, -0.15) is 5.10 Å². The van der Waals surface area contributed by atoms with Crippen LogP contribution in [0.4, 0.5) is 10.6 Å². The molecule has 0 radical (unpaired) electrons. The molecular weight excluding hydrogens is 444 g/mol. The molecule has 2 aliphatic heterocycles. The Morgan fingerprint density at radius 2 is 2.03 bits per heavy atom.